The largest absolute Gasteiger partial charge is 0.463 e. The van der Waals surface area contributed by atoms with E-state index in [0.717, 1.165) is 18.2 Å². The second kappa shape index (κ2) is 14.4. The Balaban J connectivity index is 2.94. The average molecular weight is 479 g/mol. The molecule has 11 nitrogen and oxygen atoms in total. The van der Waals surface area contributed by atoms with E-state index >= 15 is 0 Å². The van der Waals surface area contributed by atoms with E-state index in [1.165, 1.54) is 0 Å². The van der Waals surface area contributed by atoms with E-state index in [-0.39, 0.29) is 64.8 Å². The van der Waals surface area contributed by atoms with Crippen molar-refractivity contribution in [3.8, 4) is 0 Å². The highest BCUT2D eigenvalue weighted by Crippen LogP contribution is 2.37. The number of hydrogen-bond acceptors (Lipinski definition) is 10. The van der Waals surface area contributed by atoms with Gasteiger partial charge >= 0.3 is 23.9 Å². The Bertz CT molecular complexity index is 751. The van der Waals surface area contributed by atoms with Gasteiger partial charge in [-0.2, -0.15) is 0 Å². The Hall–Kier alpha value is -3.76. The number of rotatable bonds is 16. The third kappa shape index (κ3) is 9.80. The van der Waals surface area contributed by atoms with E-state index in [4.69, 9.17) is 19.0 Å². The molecule has 0 spiro atoms. The van der Waals surface area contributed by atoms with Gasteiger partial charge in [0.15, 0.2) is 0 Å². The number of amides is 2. The van der Waals surface area contributed by atoms with Crippen molar-refractivity contribution < 1.29 is 47.8 Å². The summed E-state index contributed by atoms with van der Waals surface area (Å²) in [6.07, 6.45) is 3.52. The van der Waals surface area contributed by atoms with E-state index in [1.807, 2.05) is 0 Å². The van der Waals surface area contributed by atoms with Gasteiger partial charge in [0.05, 0.1) is 19.8 Å². The number of hydroxylamine groups is 2. The zero-order valence-corrected chi connectivity index (χ0v) is 19.0. The van der Waals surface area contributed by atoms with Gasteiger partial charge in [-0.25, -0.2) is 19.2 Å². The van der Waals surface area contributed by atoms with Crippen LogP contribution in [0, 0.1) is 5.41 Å². The topological polar surface area (TPSA) is 143 Å². The molecule has 0 aromatic heterocycles. The highest BCUT2D eigenvalue weighted by Gasteiger charge is 2.35. The molecule has 0 N–H and O–H groups in total. The molecule has 1 heterocycles. The SMILES string of the molecule is C=CC(=O)OCCC(CCOC(=O)C=C)(CCOC(=O)C=C)CCC(=O)ON1C(=O)CCC1=O. The minimum Gasteiger partial charge on any atom is -0.463 e. The lowest BCUT2D eigenvalue weighted by Gasteiger charge is -2.33. The molecule has 0 aromatic carbocycles. The van der Waals surface area contributed by atoms with E-state index in [1.54, 1.807) is 0 Å². The molecule has 0 bridgehead atoms. The fourth-order valence-corrected chi connectivity index (χ4v) is 3.20. The summed E-state index contributed by atoms with van der Waals surface area (Å²) in [4.78, 5) is 75.0. The Morgan fingerprint density at radius 2 is 1.12 bits per heavy atom. The van der Waals surface area contributed by atoms with Gasteiger partial charge in [0.25, 0.3) is 11.8 Å². The maximum Gasteiger partial charge on any atom is 0.333 e. The number of imide groups is 1. The predicted octanol–water partition coefficient (Wildman–Crippen LogP) is 1.72. The summed E-state index contributed by atoms with van der Waals surface area (Å²) in [5.41, 5.74) is -0.803. The van der Waals surface area contributed by atoms with E-state index in [2.05, 4.69) is 19.7 Å². The fraction of sp³-hybridized carbons (Fsp3) is 0.478. The lowest BCUT2D eigenvalue weighted by atomic mass is 9.75. The lowest BCUT2D eigenvalue weighted by molar-refractivity contribution is -0.198. The van der Waals surface area contributed by atoms with Gasteiger partial charge in [-0.15, -0.1) is 5.06 Å². The van der Waals surface area contributed by atoms with Crippen molar-refractivity contribution in [1.29, 1.82) is 0 Å². The van der Waals surface area contributed by atoms with Gasteiger partial charge < -0.3 is 19.0 Å². The van der Waals surface area contributed by atoms with Crippen LogP contribution in [0.5, 0.6) is 0 Å². The van der Waals surface area contributed by atoms with Crippen LogP contribution >= 0.6 is 0 Å². The smallest absolute Gasteiger partial charge is 0.333 e. The summed E-state index contributed by atoms with van der Waals surface area (Å²) in [6.45, 7) is 9.83. The monoisotopic (exact) mass is 479 g/mol. The van der Waals surface area contributed by atoms with Gasteiger partial charge in [-0.05, 0) is 31.1 Å². The van der Waals surface area contributed by atoms with Crippen LogP contribution < -0.4 is 0 Å². The predicted molar refractivity (Wildman–Crippen MR) is 116 cm³/mol. The molecule has 1 aliphatic heterocycles. The zero-order chi connectivity index (χ0) is 25.6. The first kappa shape index (κ1) is 28.3. The molecule has 0 aromatic rings. The molecule has 34 heavy (non-hydrogen) atoms. The van der Waals surface area contributed by atoms with Crippen LogP contribution in [0.4, 0.5) is 0 Å². The normalized spacial score (nSPS) is 13.1. The van der Waals surface area contributed by atoms with Gasteiger partial charge in [0.2, 0.25) is 0 Å². The zero-order valence-electron chi connectivity index (χ0n) is 19.0. The summed E-state index contributed by atoms with van der Waals surface area (Å²) in [6, 6.07) is 0. The molecule has 11 heteroatoms. The maximum atomic E-state index is 12.4. The molecule has 1 rings (SSSR count). The Morgan fingerprint density at radius 3 is 1.47 bits per heavy atom. The molecule has 0 radical (unpaired) electrons. The molecule has 0 atom stereocenters. The minimum absolute atomic E-state index is 0.0337. The van der Waals surface area contributed by atoms with Crippen molar-refractivity contribution in [3.63, 3.8) is 0 Å². The van der Waals surface area contributed by atoms with Crippen LogP contribution in [0.15, 0.2) is 38.0 Å². The number of ether oxygens (including phenoxy) is 3. The van der Waals surface area contributed by atoms with E-state index < -0.39 is 41.1 Å². The highest BCUT2D eigenvalue weighted by molar-refractivity contribution is 6.01. The summed E-state index contributed by atoms with van der Waals surface area (Å²) >= 11 is 0. The number of carbonyl (C=O) groups excluding carboxylic acids is 6. The maximum absolute atomic E-state index is 12.4. The van der Waals surface area contributed by atoms with Crippen molar-refractivity contribution >= 4 is 35.7 Å². The first-order valence-corrected chi connectivity index (χ1v) is 10.6. The second-order valence-corrected chi connectivity index (χ2v) is 7.41. The lowest BCUT2D eigenvalue weighted by Crippen LogP contribution is -2.33. The Labute approximate surface area is 197 Å². The van der Waals surface area contributed by atoms with Gasteiger partial charge in [-0.1, -0.05) is 19.7 Å². The van der Waals surface area contributed by atoms with Crippen LogP contribution in [0.2, 0.25) is 0 Å². The van der Waals surface area contributed by atoms with Crippen LogP contribution in [0.25, 0.3) is 0 Å². The second-order valence-electron chi connectivity index (χ2n) is 7.41. The van der Waals surface area contributed by atoms with Crippen molar-refractivity contribution in [2.45, 2.75) is 44.9 Å². The molecule has 0 unspecified atom stereocenters. The molecule has 1 saturated heterocycles. The van der Waals surface area contributed by atoms with Crippen molar-refractivity contribution in [2.75, 3.05) is 19.8 Å². The third-order valence-electron chi connectivity index (χ3n) is 5.19. The minimum atomic E-state index is -0.817. The van der Waals surface area contributed by atoms with E-state index in [9.17, 15) is 28.8 Å². The van der Waals surface area contributed by atoms with Crippen LogP contribution in [-0.4, -0.2) is 60.6 Å². The van der Waals surface area contributed by atoms with Crippen molar-refractivity contribution in [2.24, 2.45) is 5.41 Å². The van der Waals surface area contributed by atoms with Crippen molar-refractivity contribution in [1.82, 2.24) is 5.06 Å². The average Bonchev–Trinajstić information content (AvgIpc) is 3.14. The molecular weight excluding hydrogens is 450 g/mol. The molecule has 0 saturated carbocycles. The summed E-state index contributed by atoms with van der Waals surface area (Å²) in [5.74, 6) is -3.95. The summed E-state index contributed by atoms with van der Waals surface area (Å²) in [7, 11) is 0. The van der Waals surface area contributed by atoms with Gasteiger partial charge in [-0.3, -0.25) is 9.59 Å². The summed E-state index contributed by atoms with van der Waals surface area (Å²) < 4.78 is 15.2. The van der Waals surface area contributed by atoms with Crippen molar-refractivity contribution in [3.05, 3.63) is 38.0 Å². The van der Waals surface area contributed by atoms with Gasteiger partial charge in [0.1, 0.15) is 0 Å². The standard InChI is InChI=1S/C23H29NO10/c1-4-19(27)31-14-11-23(12-15-32-20(28)5-2,13-16-33-21(29)6-3)10-9-22(30)34-24-17(25)7-8-18(24)26/h4-6H,1-3,7-16H2. The molecule has 1 fully saturated rings. The molecule has 2 amide bonds. The quantitative estimate of drug-likeness (QED) is 0.139. The number of hydrogen-bond donors (Lipinski definition) is 0. The summed E-state index contributed by atoms with van der Waals surface area (Å²) in [5, 5.41) is 0.452. The van der Waals surface area contributed by atoms with Crippen LogP contribution in [0.3, 0.4) is 0 Å². The Kier molecular flexibility index (Phi) is 12.0. The van der Waals surface area contributed by atoms with Crippen LogP contribution in [0.1, 0.15) is 44.9 Å². The van der Waals surface area contributed by atoms with E-state index in [0.29, 0.717) is 5.06 Å². The first-order valence-electron chi connectivity index (χ1n) is 10.6. The van der Waals surface area contributed by atoms with Gasteiger partial charge in [0, 0.05) is 37.5 Å². The third-order valence-corrected chi connectivity index (χ3v) is 5.19. The first-order chi connectivity index (χ1) is 16.2. The number of nitrogens with zero attached hydrogens (tertiary/aromatic N) is 1. The molecule has 1 aliphatic rings. The highest BCUT2D eigenvalue weighted by atomic mass is 16.7. The fourth-order valence-electron chi connectivity index (χ4n) is 3.20. The molecular formula is C23H29NO10. The number of esters is 3. The molecule has 186 valence electrons. The molecule has 0 aliphatic carbocycles. The number of carbonyl (C=O) groups is 6. The van der Waals surface area contributed by atoms with Crippen LogP contribution in [-0.2, 0) is 47.8 Å². The Morgan fingerprint density at radius 1 is 0.735 bits per heavy atom.